The molecule has 7 nitrogen and oxygen atoms in total. The molecule has 3 rings (SSSR count). The van der Waals surface area contributed by atoms with E-state index in [9.17, 15) is 9.59 Å². The molecule has 2 aromatic rings. The Balaban J connectivity index is 1.58. The van der Waals surface area contributed by atoms with E-state index in [2.05, 4.69) is 15.3 Å². The first-order valence-corrected chi connectivity index (χ1v) is 8.59. The fraction of sp³-hybridized carbons (Fsp3) is 0.421. The van der Waals surface area contributed by atoms with Crippen LogP contribution >= 0.6 is 0 Å². The Morgan fingerprint density at radius 3 is 2.96 bits per heavy atom. The van der Waals surface area contributed by atoms with Crippen molar-refractivity contribution in [3.05, 3.63) is 51.2 Å². The minimum absolute atomic E-state index is 0.0203. The molecule has 2 heterocycles. The van der Waals surface area contributed by atoms with Crippen LogP contribution in [-0.2, 0) is 17.6 Å². The monoisotopic (exact) mass is 357 g/mol. The van der Waals surface area contributed by atoms with Gasteiger partial charge in [0.25, 0.3) is 5.56 Å². The lowest BCUT2D eigenvalue weighted by atomic mass is 9.96. The molecule has 26 heavy (non-hydrogen) atoms. The summed E-state index contributed by atoms with van der Waals surface area (Å²) in [5.74, 6) is 2.04. The minimum Gasteiger partial charge on any atom is -0.493 e. The van der Waals surface area contributed by atoms with Crippen LogP contribution in [-0.4, -0.2) is 36.1 Å². The van der Waals surface area contributed by atoms with Gasteiger partial charge in [-0.25, -0.2) is 4.98 Å². The summed E-state index contributed by atoms with van der Waals surface area (Å²) in [6.45, 7) is 4.46. The van der Waals surface area contributed by atoms with Crippen LogP contribution < -0.4 is 20.3 Å². The van der Waals surface area contributed by atoms with Gasteiger partial charge < -0.3 is 19.8 Å². The molecule has 1 aliphatic heterocycles. The van der Waals surface area contributed by atoms with Gasteiger partial charge in [0.2, 0.25) is 5.91 Å². The predicted molar refractivity (Wildman–Crippen MR) is 96.7 cm³/mol. The Morgan fingerprint density at radius 2 is 2.23 bits per heavy atom. The number of hydrogen-bond donors (Lipinski definition) is 2. The van der Waals surface area contributed by atoms with Crippen molar-refractivity contribution in [3.8, 4) is 11.5 Å². The Bertz CT molecular complexity index is 876. The summed E-state index contributed by atoms with van der Waals surface area (Å²) in [5, 5.41) is 2.90. The number of aromatic nitrogens is 2. The van der Waals surface area contributed by atoms with Crippen LogP contribution in [0.2, 0.25) is 0 Å². The molecule has 1 aromatic heterocycles. The van der Waals surface area contributed by atoms with Crippen LogP contribution in [0.5, 0.6) is 11.5 Å². The van der Waals surface area contributed by atoms with Gasteiger partial charge in [0, 0.05) is 23.7 Å². The van der Waals surface area contributed by atoms with Gasteiger partial charge in [0.15, 0.2) is 11.5 Å². The Kier molecular flexibility index (Phi) is 5.25. The minimum atomic E-state index is -0.257. The molecule has 0 saturated carbocycles. The smallest absolute Gasteiger partial charge is 0.254 e. The number of H-pyrrole nitrogens is 1. The number of fused-ring (bicyclic) bond motifs is 1. The molecule has 1 aliphatic rings. The number of aromatic amines is 1. The summed E-state index contributed by atoms with van der Waals surface area (Å²) >= 11 is 0. The lowest BCUT2D eigenvalue weighted by Gasteiger charge is -2.26. The highest BCUT2D eigenvalue weighted by atomic mass is 16.5. The maximum Gasteiger partial charge on any atom is 0.254 e. The van der Waals surface area contributed by atoms with Crippen molar-refractivity contribution in [2.75, 3.05) is 20.3 Å². The van der Waals surface area contributed by atoms with E-state index in [-0.39, 0.29) is 23.8 Å². The summed E-state index contributed by atoms with van der Waals surface area (Å²) < 4.78 is 11.1. The van der Waals surface area contributed by atoms with Crippen molar-refractivity contribution >= 4 is 5.91 Å². The SMILES string of the molecule is COc1cccc2c1OCC(CNC(=O)Cc1c(C)nc(C)[nH]c1=O)C2. The second kappa shape index (κ2) is 7.59. The number of ether oxygens (including phenoxy) is 2. The topological polar surface area (TPSA) is 93.3 Å². The molecule has 0 aliphatic carbocycles. The first-order valence-electron chi connectivity index (χ1n) is 8.59. The summed E-state index contributed by atoms with van der Waals surface area (Å²) in [4.78, 5) is 31.1. The molecule has 138 valence electrons. The third-order valence-electron chi connectivity index (χ3n) is 4.52. The van der Waals surface area contributed by atoms with Crippen LogP contribution in [0, 0.1) is 19.8 Å². The number of amides is 1. The van der Waals surface area contributed by atoms with E-state index < -0.39 is 0 Å². The van der Waals surface area contributed by atoms with Gasteiger partial charge in [0.05, 0.1) is 20.1 Å². The Hall–Kier alpha value is -2.83. The van der Waals surface area contributed by atoms with Gasteiger partial charge in [-0.2, -0.15) is 0 Å². The maximum atomic E-state index is 12.2. The first kappa shape index (κ1) is 18.0. The second-order valence-corrected chi connectivity index (χ2v) is 6.53. The van der Waals surface area contributed by atoms with Gasteiger partial charge in [-0.3, -0.25) is 9.59 Å². The van der Waals surface area contributed by atoms with Crippen molar-refractivity contribution in [3.63, 3.8) is 0 Å². The van der Waals surface area contributed by atoms with Gasteiger partial charge in [-0.15, -0.1) is 0 Å². The number of para-hydroxylation sites is 1. The number of methoxy groups -OCH3 is 1. The summed E-state index contributed by atoms with van der Waals surface area (Å²) in [6, 6.07) is 5.81. The fourth-order valence-electron chi connectivity index (χ4n) is 3.19. The molecule has 0 spiro atoms. The second-order valence-electron chi connectivity index (χ2n) is 6.53. The molecule has 1 unspecified atom stereocenters. The van der Waals surface area contributed by atoms with Gasteiger partial charge in [0.1, 0.15) is 5.82 Å². The van der Waals surface area contributed by atoms with Crippen LogP contribution in [0.15, 0.2) is 23.0 Å². The van der Waals surface area contributed by atoms with Crippen LogP contribution in [0.25, 0.3) is 0 Å². The van der Waals surface area contributed by atoms with Gasteiger partial charge >= 0.3 is 0 Å². The number of carbonyl (C=O) groups is 1. The Labute approximate surface area is 151 Å². The van der Waals surface area contributed by atoms with E-state index >= 15 is 0 Å². The molecular weight excluding hydrogens is 334 g/mol. The van der Waals surface area contributed by atoms with E-state index in [1.807, 2.05) is 18.2 Å². The largest absolute Gasteiger partial charge is 0.493 e. The van der Waals surface area contributed by atoms with Crippen molar-refractivity contribution in [1.82, 2.24) is 15.3 Å². The summed E-state index contributed by atoms with van der Waals surface area (Å²) in [7, 11) is 1.62. The van der Waals surface area contributed by atoms with E-state index in [0.29, 0.717) is 30.2 Å². The van der Waals surface area contributed by atoms with Crippen molar-refractivity contribution in [1.29, 1.82) is 0 Å². The number of rotatable bonds is 5. The number of carbonyl (C=O) groups excluding carboxylic acids is 1. The van der Waals surface area contributed by atoms with Crippen molar-refractivity contribution < 1.29 is 14.3 Å². The lowest BCUT2D eigenvalue weighted by Crippen LogP contribution is -2.36. The maximum absolute atomic E-state index is 12.2. The van der Waals surface area contributed by atoms with E-state index in [1.54, 1.807) is 21.0 Å². The van der Waals surface area contributed by atoms with Gasteiger partial charge in [-0.05, 0) is 31.9 Å². The molecule has 0 bridgehead atoms. The zero-order valence-corrected chi connectivity index (χ0v) is 15.2. The lowest BCUT2D eigenvalue weighted by molar-refractivity contribution is -0.120. The Morgan fingerprint density at radius 1 is 1.42 bits per heavy atom. The molecule has 1 amide bonds. The summed E-state index contributed by atoms with van der Waals surface area (Å²) in [5.41, 5.74) is 1.81. The first-order chi connectivity index (χ1) is 12.5. The number of aryl methyl sites for hydroxylation is 2. The zero-order valence-electron chi connectivity index (χ0n) is 15.2. The highest BCUT2D eigenvalue weighted by Gasteiger charge is 2.23. The van der Waals surface area contributed by atoms with Crippen LogP contribution in [0.4, 0.5) is 0 Å². The number of nitrogens with one attached hydrogen (secondary N) is 2. The third-order valence-corrected chi connectivity index (χ3v) is 4.52. The molecule has 1 atom stereocenters. The predicted octanol–water partition coefficient (Wildman–Crippen LogP) is 1.31. The molecular formula is C19H23N3O4. The number of nitrogens with zero attached hydrogens (tertiary/aromatic N) is 1. The average molecular weight is 357 g/mol. The highest BCUT2D eigenvalue weighted by molar-refractivity contribution is 5.78. The zero-order chi connectivity index (χ0) is 18.7. The molecule has 7 heteroatoms. The van der Waals surface area contributed by atoms with Crippen LogP contribution in [0.3, 0.4) is 0 Å². The van der Waals surface area contributed by atoms with Crippen LogP contribution in [0.1, 0.15) is 22.6 Å². The highest BCUT2D eigenvalue weighted by Crippen LogP contribution is 2.35. The quantitative estimate of drug-likeness (QED) is 0.841. The molecule has 0 radical (unpaired) electrons. The average Bonchev–Trinajstić information content (AvgIpc) is 2.62. The molecule has 1 aromatic carbocycles. The molecule has 0 fully saturated rings. The van der Waals surface area contributed by atoms with Crippen molar-refractivity contribution in [2.45, 2.75) is 26.7 Å². The standard InChI is InChI=1S/C19H23N3O4/c1-11-15(19(24)22-12(2)21-11)8-17(23)20-9-13-7-14-5-4-6-16(25-3)18(14)26-10-13/h4-6,13H,7-10H2,1-3H3,(H,20,23)(H,21,22,24). The van der Waals surface area contributed by atoms with E-state index in [4.69, 9.17) is 9.47 Å². The number of hydrogen-bond acceptors (Lipinski definition) is 5. The van der Waals surface area contributed by atoms with E-state index in [1.165, 1.54) is 0 Å². The summed E-state index contributed by atoms with van der Waals surface area (Å²) in [6.07, 6.45) is 0.824. The third kappa shape index (κ3) is 3.87. The van der Waals surface area contributed by atoms with Gasteiger partial charge in [-0.1, -0.05) is 12.1 Å². The van der Waals surface area contributed by atoms with Crippen molar-refractivity contribution in [2.24, 2.45) is 5.92 Å². The molecule has 2 N–H and O–H groups in total. The fourth-order valence-corrected chi connectivity index (χ4v) is 3.19. The van der Waals surface area contributed by atoms with E-state index in [0.717, 1.165) is 23.5 Å². The number of benzene rings is 1. The molecule has 0 saturated heterocycles. The normalized spacial score (nSPS) is 15.7.